The summed E-state index contributed by atoms with van der Waals surface area (Å²) >= 11 is 6.25. The number of hydrogen-bond acceptors (Lipinski definition) is 3. The Balaban J connectivity index is 1.79. The second kappa shape index (κ2) is 5.65. The van der Waals surface area contributed by atoms with Gasteiger partial charge in [-0.2, -0.15) is 5.10 Å². The zero-order valence-corrected chi connectivity index (χ0v) is 13.1. The molecule has 0 radical (unpaired) electrons. The smallest absolute Gasteiger partial charge is 0.147 e. The van der Waals surface area contributed by atoms with Crippen molar-refractivity contribution in [3.8, 4) is 0 Å². The summed E-state index contributed by atoms with van der Waals surface area (Å²) in [6, 6.07) is 10.7. The van der Waals surface area contributed by atoms with Crippen molar-refractivity contribution < 1.29 is 13.5 Å². The van der Waals surface area contributed by atoms with Gasteiger partial charge in [-0.25, -0.2) is 18.4 Å². The Bertz CT molecular complexity index is 887. The van der Waals surface area contributed by atoms with Crippen molar-refractivity contribution in [1.82, 2.24) is 14.8 Å². The number of halogens is 3. The Morgan fingerprint density at radius 3 is 2.75 bits per heavy atom. The van der Waals surface area contributed by atoms with Gasteiger partial charge in [0.05, 0.1) is 6.54 Å². The Morgan fingerprint density at radius 2 is 2.04 bits per heavy atom. The van der Waals surface area contributed by atoms with Crippen LogP contribution in [-0.2, 0) is 16.9 Å². The highest BCUT2D eigenvalue weighted by atomic mass is 35.5. The number of aromatic nitrogens is 3. The lowest BCUT2D eigenvalue weighted by Gasteiger charge is -2.15. The molecule has 1 fully saturated rings. The quantitative estimate of drug-likeness (QED) is 0.673. The Labute approximate surface area is 141 Å². The van der Waals surface area contributed by atoms with E-state index in [1.54, 1.807) is 10.7 Å². The number of ether oxygens (including phenoxy) is 1. The zero-order valence-electron chi connectivity index (χ0n) is 12.4. The monoisotopic (exact) mass is 347 g/mol. The lowest BCUT2D eigenvalue weighted by molar-refractivity contribution is 0.256. The minimum absolute atomic E-state index is 0.242. The summed E-state index contributed by atoms with van der Waals surface area (Å²) in [6.07, 6.45) is 2.46. The van der Waals surface area contributed by atoms with Crippen molar-refractivity contribution in [3.05, 3.63) is 82.9 Å². The molecule has 0 bridgehead atoms. The lowest BCUT2D eigenvalue weighted by Crippen LogP contribution is -2.21. The highest BCUT2D eigenvalue weighted by molar-refractivity contribution is 6.31. The van der Waals surface area contributed by atoms with Gasteiger partial charge in [-0.15, -0.1) is 0 Å². The first-order chi connectivity index (χ1) is 11.6. The van der Waals surface area contributed by atoms with E-state index in [9.17, 15) is 8.78 Å². The van der Waals surface area contributed by atoms with Crippen LogP contribution in [0, 0.1) is 11.6 Å². The van der Waals surface area contributed by atoms with Gasteiger partial charge in [0, 0.05) is 22.2 Å². The topological polar surface area (TPSA) is 43.2 Å². The molecular formula is C17H12ClF2N3O. The van der Waals surface area contributed by atoms with E-state index in [1.807, 2.05) is 18.2 Å². The molecular weight excluding hydrogens is 336 g/mol. The summed E-state index contributed by atoms with van der Waals surface area (Å²) < 4.78 is 35.2. The van der Waals surface area contributed by atoms with Crippen molar-refractivity contribution in [2.75, 3.05) is 0 Å². The zero-order chi connectivity index (χ0) is 16.7. The van der Waals surface area contributed by atoms with Crippen LogP contribution in [0.1, 0.15) is 17.2 Å². The average molecular weight is 348 g/mol. The molecule has 1 saturated heterocycles. The van der Waals surface area contributed by atoms with Gasteiger partial charge >= 0.3 is 0 Å². The van der Waals surface area contributed by atoms with E-state index in [-0.39, 0.29) is 12.1 Å². The molecule has 1 aromatic heterocycles. The molecule has 1 aliphatic heterocycles. The standard InChI is InChI=1S/C17H12ClF2N3O/c18-14-4-2-1-3-12(14)16-17(24-16,8-23-10-21-9-22-23)13-6-5-11(19)7-15(13)20/h1-7,9-10,16H,8H2/t16-,17-/m1/s1. The fraction of sp³-hybridized carbons (Fsp3) is 0.176. The first-order valence-electron chi connectivity index (χ1n) is 7.30. The van der Waals surface area contributed by atoms with Crippen molar-refractivity contribution in [2.45, 2.75) is 18.2 Å². The van der Waals surface area contributed by atoms with Gasteiger partial charge in [0.15, 0.2) is 0 Å². The van der Waals surface area contributed by atoms with Crippen LogP contribution in [0.15, 0.2) is 55.1 Å². The van der Waals surface area contributed by atoms with Gasteiger partial charge < -0.3 is 4.74 Å². The molecule has 2 aromatic carbocycles. The fourth-order valence-electron chi connectivity index (χ4n) is 2.98. The second-order valence-electron chi connectivity index (χ2n) is 5.63. The summed E-state index contributed by atoms with van der Waals surface area (Å²) in [6.45, 7) is 0.242. The minimum Gasteiger partial charge on any atom is -0.354 e. The van der Waals surface area contributed by atoms with Crippen LogP contribution in [-0.4, -0.2) is 14.8 Å². The first-order valence-corrected chi connectivity index (χ1v) is 7.68. The van der Waals surface area contributed by atoms with Crippen LogP contribution < -0.4 is 0 Å². The van der Waals surface area contributed by atoms with Crippen LogP contribution in [0.25, 0.3) is 0 Å². The summed E-state index contributed by atoms with van der Waals surface area (Å²) in [5.74, 6) is -1.30. The van der Waals surface area contributed by atoms with Crippen LogP contribution in [0.5, 0.6) is 0 Å². The molecule has 4 rings (SSSR count). The summed E-state index contributed by atoms with van der Waals surface area (Å²) in [5.41, 5.74) is 0.0172. The molecule has 0 N–H and O–H groups in total. The molecule has 0 aliphatic carbocycles. The van der Waals surface area contributed by atoms with E-state index in [4.69, 9.17) is 16.3 Å². The molecule has 0 spiro atoms. The van der Waals surface area contributed by atoms with E-state index >= 15 is 0 Å². The molecule has 0 amide bonds. The Hall–Kier alpha value is -2.31. The van der Waals surface area contributed by atoms with Gasteiger partial charge in [-0.3, -0.25) is 0 Å². The van der Waals surface area contributed by atoms with Gasteiger partial charge in [-0.05, 0) is 12.1 Å². The number of nitrogens with zero attached hydrogens (tertiary/aromatic N) is 3. The van der Waals surface area contributed by atoms with Crippen LogP contribution in [0.4, 0.5) is 8.78 Å². The van der Waals surface area contributed by atoms with E-state index in [2.05, 4.69) is 10.1 Å². The van der Waals surface area contributed by atoms with Crippen LogP contribution in [0.3, 0.4) is 0 Å². The van der Waals surface area contributed by atoms with Crippen molar-refractivity contribution in [3.63, 3.8) is 0 Å². The molecule has 2 atom stereocenters. The predicted molar refractivity (Wildman–Crippen MR) is 83.3 cm³/mol. The molecule has 7 heteroatoms. The van der Waals surface area contributed by atoms with E-state index in [0.29, 0.717) is 5.02 Å². The molecule has 2 heterocycles. The first kappa shape index (κ1) is 15.2. The number of hydrogen-bond donors (Lipinski definition) is 0. The SMILES string of the molecule is Fc1ccc([C@@]2(Cn3cncn3)O[C@@H]2c2ccccc2Cl)c(F)c1. The number of benzene rings is 2. The lowest BCUT2D eigenvalue weighted by atomic mass is 9.91. The summed E-state index contributed by atoms with van der Waals surface area (Å²) in [4.78, 5) is 3.90. The van der Waals surface area contributed by atoms with Crippen LogP contribution in [0.2, 0.25) is 5.02 Å². The highest BCUT2D eigenvalue weighted by Crippen LogP contribution is 2.59. The van der Waals surface area contributed by atoms with Crippen molar-refractivity contribution in [1.29, 1.82) is 0 Å². The largest absolute Gasteiger partial charge is 0.354 e. The highest BCUT2D eigenvalue weighted by Gasteiger charge is 2.60. The van der Waals surface area contributed by atoms with Gasteiger partial charge in [0.1, 0.15) is 36.0 Å². The van der Waals surface area contributed by atoms with E-state index < -0.39 is 23.3 Å². The third-order valence-electron chi connectivity index (χ3n) is 4.13. The third kappa shape index (κ3) is 2.48. The summed E-state index contributed by atoms with van der Waals surface area (Å²) in [7, 11) is 0. The van der Waals surface area contributed by atoms with Gasteiger partial charge in [-0.1, -0.05) is 35.9 Å². The van der Waals surface area contributed by atoms with Gasteiger partial charge in [0.2, 0.25) is 0 Å². The Kier molecular flexibility index (Phi) is 3.58. The molecule has 122 valence electrons. The average Bonchev–Trinajstić information content (AvgIpc) is 3.01. The normalized spacial score (nSPS) is 22.5. The maximum Gasteiger partial charge on any atom is 0.147 e. The molecule has 24 heavy (non-hydrogen) atoms. The number of epoxide rings is 1. The molecule has 4 nitrogen and oxygen atoms in total. The van der Waals surface area contributed by atoms with Crippen LogP contribution >= 0.6 is 11.6 Å². The maximum absolute atomic E-state index is 14.4. The third-order valence-corrected chi connectivity index (χ3v) is 4.48. The Morgan fingerprint density at radius 1 is 1.21 bits per heavy atom. The van der Waals surface area contributed by atoms with E-state index in [0.717, 1.165) is 11.6 Å². The molecule has 0 unspecified atom stereocenters. The van der Waals surface area contributed by atoms with Crippen molar-refractivity contribution in [2.24, 2.45) is 0 Å². The predicted octanol–water partition coefficient (Wildman–Crippen LogP) is 3.88. The molecule has 3 aromatic rings. The fourth-order valence-corrected chi connectivity index (χ4v) is 3.21. The second-order valence-corrected chi connectivity index (χ2v) is 6.03. The number of rotatable bonds is 4. The van der Waals surface area contributed by atoms with Crippen molar-refractivity contribution >= 4 is 11.6 Å². The summed E-state index contributed by atoms with van der Waals surface area (Å²) in [5, 5.41) is 4.59. The molecule has 1 aliphatic rings. The maximum atomic E-state index is 14.4. The molecule has 0 saturated carbocycles. The van der Waals surface area contributed by atoms with Gasteiger partial charge in [0.25, 0.3) is 0 Å². The minimum atomic E-state index is -1.00. The van der Waals surface area contributed by atoms with E-state index in [1.165, 1.54) is 24.8 Å².